The number of hydrogen-bond acceptors (Lipinski definition) is 4. The zero-order chi connectivity index (χ0) is 5.82. The van der Waals surface area contributed by atoms with Crippen molar-refractivity contribution in [2.24, 2.45) is 0 Å². The summed E-state index contributed by atoms with van der Waals surface area (Å²) in [5.41, 5.74) is 0. The van der Waals surface area contributed by atoms with Crippen LogP contribution in [0.4, 0.5) is 0 Å². The fraction of sp³-hybridized carbons (Fsp3) is 1.00. The number of rotatable bonds is 0. The second-order valence-corrected chi connectivity index (χ2v) is 3.73. The van der Waals surface area contributed by atoms with Crippen LogP contribution in [-0.4, -0.2) is 33.5 Å². The molecule has 9 heavy (non-hydrogen) atoms. The minimum absolute atomic E-state index is 0. The molecule has 0 saturated carbocycles. The van der Waals surface area contributed by atoms with Gasteiger partial charge in [-0.1, -0.05) is 0 Å². The molecule has 0 atom stereocenters. The zero-order valence-electron chi connectivity index (χ0n) is 4.95. The fourth-order valence-electron chi connectivity index (χ4n) is 0.495. The fourth-order valence-corrected chi connectivity index (χ4v) is 2.42. The molecule has 0 aliphatic carbocycles. The van der Waals surface area contributed by atoms with Crippen molar-refractivity contribution in [2.45, 2.75) is 0 Å². The highest BCUT2D eigenvalue weighted by Gasteiger charge is 2.03. The van der Waals surface area contributed by atoms with Crippen molar-refractivity contribution in [3.63, 3.8) is 0 Å². The van der Waals surface area contributed by atoms with E-state index in [1.165, 1.54) is 16.6 Å². The summed E-state index contributed by atoms with van der Waals surface area (Å²) in [6, 6.07) is 0. The third-order valence-corrected chi connectivity index (χ3v) is 3.06. The van der Waals surface area contributed by atoms with Crippen LogP contribution in [0.25, 0.3) is 0 Å². The minimum Gasteiger partial charge on any atom is -0.312 e. The summed E-state index contributed by atoms with van der Waals surface area (Å²) < 4.78 is 0. The van der Waals surface area contributed by atoms with Crippen molar-refractivity contribution in [1.29, 1.82) is 0 Å². The number of hydroxylamine groups is 2. The molecule has 5 heteroatoms. The number of nitrogens with zero attached hydrogens (tertiary/aromatic N) is 1. The van der Waals surface area contributed by atoms with Crippen LogP contribution in [0.5, 0.6) is 0 Å². The molecule has 1 aliphatic heterocycles. The lowest BCUT2D eigenvalue weighted by Gasteiger charge is -2.07. The maximum atomic E-state index is 8.88. The van der Waals surface area contributed by atoms with E-state index in [0.717, 1.165) is 11.8 Å². The first-order chi connectivity index (χ1) is 3.89. The predicted octanol–water partition coefficient (Wildman–Crippen LogP) is 1.49. The standard InChI is InChI=1S/C4H9NOS2.ClH/c6-5-3-7-1-2-8-4-5;/h6H,1-4H2;1H. The van der Waals surface area contributed by atoms with Gasteiger partial charge in [0.15, 0.2) is 0 Å². The van der Waals surface area contributed by atoms with Gasteiger partial charge in [0.05, 0.1) is 11.8 Å². The van der Waals surface area contributed by atoms with Gasteiger partial charge in [-0.2, -0.15) is 5.06 Å². The average molecular weight is 188 g/mol. The van der Waals surface area contributed by atoms with Gasteiger partial charge in [0.25, 0.3) is 0 Å². The first kappa shape index (κ1) is 9.91. The summed E-state index contributed by atoms with van der Waals surface area (Å²) in [6.45, 7) is 0. The van der Waals surface area contributed by atoms with Gasteiger partial charge in [-0.25, -0.2) is 0 Å². The molecule has 1 heterocycles. The maximum Gasteiger partial charge on any atom is 0.0703 e. The van der Waals surface area contributed by atoms with E-state index in [9.17, 15) is 0 Å². The maximum absolute atomic E-state index is 8.88. The lowest BCUT2D eigenvalue weighted by molar-refractivity contribution is -0.0513. The van der Waals surface area contributed by atoms with E-state index >= 15 is 0 Å². The largest absolute Gasteiger partial charge is 0.312 e. The van der Waals surface area contributed by atoms with E-state index in [2.05, 4.69) is 0 Å². The van der Waals surface area contributed by atoms with E-state index < -0.39 is 0 Å². The molecule has 0 aromatic rings. The Kier molecular flexibility index (Phi) is 6.25. The Morgan fingerprint density at radius 2 is 1.56 bits per heavy atom. The average Bonchev–Trinajstić information content (AvgIpc) is 1.94. The van der Waals surface area contributed by atoms with Gasteiger partial charge < -0.3 is 5.21 Å². The highest BCUT2D eigenvalue weighted by atomic mass is 35.5. The van der Waals surface area contributed by atoms with Crippen LogP contribution in [0.2, 0.25) is 0 Å². The molecule has 0 bridgehead atoms. The monoisotopic (exact) mass is 187 g/mol. The molecule has 0 amide bonds. The lowest BCUT2D eigenvalue weighted by Crippen LogP contribution is -2.15. The van der Waals surface area contributed by atoms with Crippen LogP contribution >= 0.6 is 35.9 Å². The quantitative estimate of drug-likeness (QED) is 0.621. The Bertz CT molecular complexity index is 67.6. The topological polar surface area (TPSA) is 23.5 Å². The van der Waals surface area contributed by atoms with Crippen molar-refractivity contribution in [3.8, 4) is 0 Å². The molecule has 1 saturated heterocycles. The molecule has 1 rings (SSSR count). The molecule has 0 spiro atoms. The lowest BCUT2D eigenvalue weighted by atomic mass is 11.0. The van der Waals surface area contributed by atoms with Crippen LogP contribution in [-0.2, 0) is 0 Å². The highest BCUT2D eigenvalue weighted by molar-refractivity contribution is 8.03. The van der Waals surface area contributed by atoms with Crippen molar-refractivity contribution in [2.75, 3.05) is 23.3 Å². The van der Waals surface area contributed by atoms with Gasteiger partial charge >= 0.3 is 0 Å². The SMILES string of the molecule is Cl.ON1CSCCSC1. The van der Waals surface area contributed by atoms with Crippen molar-refractivity contribution in [3.05, 3.63) is 0 Å². The molecule has 0 radical (unpaired) electrons. The second kappa shape index (κ2) is 5.68. The molecule has 0 aromatic carbocycles. The Morgan fingerprint density at radius 3 is 2.00 bits per heavy atom. The van der Waals surface area contributed by atoms with Gasteiger partial charge in [0, 0.05) is 11.5 Å². The molecule has 2 nitrogen and oxygen atoms in total. The van der Waals surface area contributed by atoms with E-state index in [1.807, 2.05) is 0 Å². The number of thioether (sulfide) groups is 2. The zero-order valence-corrected chi connectivity index (χ0v) is 7.40. The molecular formula is C4H10ClNOS2. The summed E-state index contributed by atoms with van der Waals surface area (Å²) in [7, 11) is 0. The van der Waals surface area contributed by atoms with Crippen LogP contribution in [0.3, 0.4) is 0 Å². The first-order valence-corrected chi connectivity index (χ1v) is 4.80. The van der Waals surface area contributed by atoms with Gasteiger partial charge in [-0.15, -0.1) is 35.9 Å². The Labute approximate surface area is 69.7 Å². The number of hydrogen-bond donors (Lipinski definition) is 1. The Hall–Kier alpha value is 0.910. The van der Waals surface area contributed by atoms with Crippen LogP contribution in [0.1, 0.15) is 0 Å². The minimum atomic E-state index is 0. The third kappa shape index (κ3) is 4.33. The van der Waals surface area contributed by atoms with Crippen LogP contribution in [0, 0.1) is 0 Å². The normalized spacial score (nSPS) is 22.3. The van der Waals surface area contributed by atoms with E-state index in [0.29, 0.717) is 0 Å². The van der Waals surface area contributed by atoms with E-state index in [1.54, 1.807) is 23.5 Å². The summed E-state index contributed by atoms with van der Waals surface area (Å²) in [5, 5.41) is 10.2. The Morgan fingerprint density at radius 1 is 1.11 bits per heavy atom. The first-order valence-electron chi connectivity index (χ1n) is 2.49. The van der Waals surface area contributed by atoms with Crippen molar-refractivity contribution in [1.82, 2.24) is 5.06 Å². The summed E-state index contributed by atoms with van der Waals surface area (Å²) in [6.07, 6.45) is 0. The van der Waals surface area contributed by atoms with E-state index in [4.69, 9.17) is 5.21 Å². The van der Waals surface area contributed by atoms with Gasteiger partial charge in [0.1, 0.15) is 0 Å². The molecule has 1 fully saturated rings. The Balaban J connectivity index is 0.000000640. The molecule has 1 aliphatic rings. The summed E-state index contributed by atoms with van der Waals surface area (Å²) in [4.78, 5) is 0. The van der Waals surface area contributed by atoms with Crippen LogP contribution < -0.4 is 0 Å². The van der Waals surface area contributed by atoms with E-state index in [-0.39, 0.29) is 12.4 Å². The molecule has 56 valence electrons. The van der Waals surface area contributed by atoms with Gasteiger partial charge in [-0.05, 0) is 0 Å². The molecular weight excluding hydrogens is 178 g/mol. The smallest absolute Gasteiger partial charge is 0.0703 e. The molecule has 0 unspecified atom stereocenters. The van der Waals surface area contributed by atoms with Crippen molar-refractivity contribution >= 4 is 35.9 Å². The predicted molar refractivity (Wildman–Crippen MR) is 45.5 cm³/mol. The summed E-state index contributed by atoms with van der Waals surface area (Å²) >= 11 is 3.56. The van der Waals surface area contributed by atoms with Gasteiger partial charge in [-0.3, -0.25) is 0 Å². The molecule has 1 N–H and O–H groups in total. The van der Waals surface area contributed by atoms with Crippen molar-refractivity contribution < 1.29 is 5.21 Å². The number of halogens is 1. The second-order valence-electron chi connectivity index (χ2n) is 1.58. The van der Waals surface area contributed by atoms with Crippen LogP contribution in [0.15, 0.2) is 0 Å². The highest BCUT2D eigenvalue weighted by Crippen LogP contribution is 2.14. The molecule has 0 aromatic heterocycles. The van der Waals surface area contributed by atoms with Gasteiger partial charge in [0.2, 0.25) is 0 Å². The summed E-state index contributed by atoms with van der Waals surface area (Å²) in [5.74, 6) is 3.88. The third-order valence-electron chi connectivity index (χ3n) is 0.853.